The van der Waals surface area contributed by atoms with Gasteiger partial charge in [-0.15, -0.1) is 0 Å². The van der Waals surface area contributed by atoms with Crippen molar-refractivity contribution < 1.29 is 9.90 Å². The van der Waals surface area contributed by atoms with Gasteiger partial charge in [0.05, 0.1) is 0 Å². The molecular formula is C11H23NO2. The van der Waals surface area contributed by atoms with E-state index in [0.717, 1.165) is 13.0 Å². The Bertz CT molecular complexity index is 194. The van der Waals surface area contributed by atoms with Crippen molar-refractivity contribution in [3.63, 3.8) is 0 Å². The topological polar surface area (TPSA) is 40.5 Å². The zero-order valence-electron chi connectivity index (χ0n) is 10.0. The molecule has 0 spiro atoms. The van der Waals surface area contributed by atoms with E-state index in [-0.39, 0.29) is 0 Å². The minimum Gasteiger partial charge on any atom is -0.480 e. The average Bonchev–Trinajstić information content (AvgIpc) is 2.17. The van der Waals surface area contributed by atoms with Crippen LogP contribution < -0.4 is 0 Å². The minimum atomic E-state index is -0.720. The van der Waals surface area contributed by atoms with Crippen LogP contribution in [0.5, 0.6) is 0 Å². The number of rotatable bonds is 6. The van der Waals surface area contributed by atoms with Crippen LogP contribution >= 0.6 is 0 Å². The molecule has 3 nitrogen and oxygen atoms in total. The summed E-state index contributed by atoms with van der Waals surface area (Å²) in [7, 11) is 0. The Morgan fingerprint density at radius 2 is 1.93 bits per heavy atom. The largest absolute Gasteiger partial charge is 0.480 e. The molecule has 0 aromatic heterocycles. The molecular weight excluding hydrogens is 178 g/mol. The van der Waals surface area contributed by atoms with E-state index in [0.29, 0.717) is 12.5 Å². The minimum absolute atomic E-state index is 0.320. The van der Waals surface area contributed by atoms with Crippen molar-refractivity contribution in [2.24, 2.45) is 0 Å². The molecule has 0 saturated carbocycles. The van der Waals surface area contributed by atoms with Crippen molar-refractivity contribution in [2.75, 3.05) is 6.54 Å². The van der Waals surface area contributed by atoms with Crippen LogP contribution in [0.3, 0.4) is 0 Å². The Kier molecular flexibility index (Phi) is 5.13. The Morgan fingerprint density at radius 1 is 1.43 bits per heavy atom. The lowest BCUT2D eigenvalue weighted by molar-refractivity contribution is -0.152. The van der Waals surface area contributed by atoms with Crippen molar-refractivity contribution in [1.82, 2.24) is 4.90 Å². The summed E-state index contributed by atoms with van der Waals surface area (Å²) in [5.74, 6) is -0.720. The Morgan fingerprint density at radius 3 is 2.14 bits per heavy atom. The second-order valence-corrected chi connectivity index (χ2v) is 3.98. The van der Waals surface area contributed by atoms with Gasteiger partial charge >= 0.3 is 5.97 Å². The van der Waals surface area contributed by atoms with Gasteiger partial charge in [-0.1, -0.05) is 20.8 Å². The summed E-state index contributed by atoms with van der Waals surface area (Å²) in [6.45, 7) is 10.7. The highest BCUT2D eigenvalue weighted by atomic mass is 16.4. The van der Waals surface area contributed by atoms with Crippen molar-refractivity contribution in [3.8, 4) is 0 Å². The maximum Gasteiger partial charge on any atom is 0.323 e. The van der Waals surface area contributed by atoms with Gasteiger partial charge in [-0.2, -0.15) is 0 Å². The molecule has 1 N–H and O–H groups in total. The number of carboxylic acids is 1. The van der Waals surface area contributed by atoms with E-state index >= 15 is 0 Å². The monoisotopic (exact) mass is 201 g/mol. The highest BCUT2D eigenvalue weighted by molar-refractivity contribution is 5.78. The van der Waals surface area contributed by atoms with Crippen LogP contribution in [-0.2, 0) is 4.79 Å². The summed E-state index contributed by atoms with van der Waals surface area (Å²) in [5.41, 5.74) is -0.718. The number of aliphatic carboxylic acids is 1. The molecule has 0 rings (SSSR count). The second kappa shape index (κ2) is 5.35. The molecule has 0 aliphatic heterocycles. The van der Waals surface area contributed by atoms with Crippen molar-refractivity contribution >= 4 is 5.97 Å². The number of carboxylic acid groups (broad SMARTS) is 1. The molecule has 0 saturated heterocycles. The lowest BCUT2D eigenvalue weighted by Gasteiger charge is -2.40. The Labute approximate surface area is 87.1 Å². The van der Waals surface area contributed by atoms with Gasteiger partial charge in [-0.25, -0.2) is 0 Å². The van der Waals surface area contributed by atoms with Crippen LogP contribution in [0.25, 0.3) is 0 Å². The lowest BCUT2D eigenvalue weighted by Crippen LogP contribution is -2.55. The number of nitrogens with zero attached hydrogens (tertiary/aromatic N) is 1. The van der Waals surface area contributed by atoms with Gasteiger partial charge < -0.3 is 5.11 Å². The molecule has 0 aromatic carbocycles. The summed E-state index contributed by atoms with van der Waals surface area (Å²) in [6, 6.07) is 0.320. The summed E-state index contributed by atoms with van der Waals surface area (Å²) in [4.78, 5) is 13.3. The van der Waals surface area contributed by atoms with Gasteiger partial charge in [0.2, 0.25) is 0 Å². The molecule has 84 valence electrons. The first kappa shape index (κ1) is 13.4. The second-order valence-electron chi connectivity index (χ2n) is 3.98. The SMILES string of the molecule is CCC(C)N(CC)C(C)(CC)C(=O)O. The zero-order valence-corrected chi connectivity index (χ0v) is 10.0. The van der Waals surface area contributed by atoms with Crippen LogP contribution in [0.2, 0.25) is 0 Å². The molecule has 0 aromatic rings. The van der Waals surface area contributed by atoms with Crippen molar-refractivity contribution in [1.29, 1.82) is 0 Å². The average molecular weight is 201 g/mol. The number of carbonyl (C=O) groups is 1. The maximum atomic E-state index is 11.2. The fourth-order valence-electron chi connectivity index (χ4n) is 1.84. The van der Waals surface area contributed by atoms with Crippen LogP contribution in [0, 0.1) is 0 Å². The van der Waals surface area contributed by atoms with E-state index < -0.39 is 11.5 Å². The van der Waals surface area contributed by atoms with Crippen molar-refractivity contribution in [3.05, 3.63) is 0 Å². The molecule has 0 bridgehead atoms. The highest BCUT2D eigenvalue weighted by Gasteiger charge is 2.38. The third-order valence-electron chi connectivity index (χ3n) is 3.25. The third kappa shape index (κ3) is 2.47. The molecule has 0 amide bonds. The predicted molar refractivity (Wildman–Crippen MR) is 58.5 cm³/mol. The van der Waals surface area contributed by atoms with E-state index in [1.54, 1.807) is 0 Å². The van der Waals surface area contributed by atoms with Crippen LogP contribution in [0.4, 0.5) is 0 Å². The zero-order chi connectivity index (χ0) is 11.4. The first-order valence-electron chi connectivity index (χ1n) is 5.44. The van der Waals surface area contributed by atoms with Gasteiger partial charge in [-0.3, -0.25) is 9.69 Å². The van der Waals surface area contributed by atoms with Gasteiger partial charge in [0.1, 0.15) is 5.54 Å². The molecule has 2 unspecified atom stereocenters. The van der Waals surface area contributed by atoms with Gasteiger partial charge in [0.25, 0.3) is 0 Å². The fraction of sp³-hybridized carbons (Fsp3) is 0.909. The lowest BCUT2D eigenvalue weighted by atomic mass is 9.94. The summed E-state index contributed by atoms with van der Waals surface area (Å²) < 4.78 is 0. The number of hydrogen-bond acceptors (Lipinski definition) is 2. The molecule has 0 fully saturated rings. The van der Waals surface area contributed by atoms with E-state index in [1.807, 2.05) is 20.8 Å². The molecule has 2 atom stereocenters. The molecule has 0 radical (unpaired) electrons. The number of hydrogen-bond donors (Lipinski definition) is 1. The summed E-state index contributed by atoms with van der Waals surface area (Å²) >= 11 is 0. The number of likely N-dealkylation sites (N-methyl/N-ethyl adjacent to an activating group) is 1. The first-order valence-corrected chi connectivity index (χ1v) is 5.44. The fourth-order valence-corrected chi connectivity index (χ4v) is 1.84. The summed E-state index contributed by atoms with van der Waals surface area (Å²) in [5, 5.41) is 9.24. The van der Waals surface area contributed by atoms with E-state index in [4.69, 9.17) is 0 Å². The van der Waals surface area contributed by atoms with Crippen LogP contribution in [0.15, 0.2) is 0 Å². The third-order valence-corrected chi connectivity index (χ3v) is 3.25. The standard InChI is InChI=1S/C11H23NO2/c1-6-9(4)12(8-3)11(5,7-2)10(13)14/h9H,6-8H2,1-5H3,(H,13,14). The van der Waals surface area contributed by atoms with Gasteiger partial charge in [-0.05, 0) is 33.2 Å². The van der Waals surface area contributed by atoms with Crippen LogP contribution in [0.1, 0.15) is 47.5 Å². The Balaban J connectivity index is 4.86. The Hall–Kier alpha value is -0.570. The summed E-state index contributed by atoms with van der Waals surface area (Å²) in [6.07, 6.45) is 1.62. The first-order chi connectivity index (χ1) is 6.43. The predicted octanol–water partition coefficient (Wildman–Crippen LogP) is 2.36. The molecule has 0 aliphatic rings. The van der Waals surface area contributed by atoms with Gasteiger partial charge in [0.15, 0.2) is 0 Å². The van der Waals surface area contributed by atoms with E-state index in [9.17, 15) is 9.90 Å². The highest BCUT2D eigenvalue weighted by Crippen LogP contribution is 2.23. The molecule has 0 heterocycles. The van der Waals surface area contributed by atoms with E-state index in [2.05, 4.69) is 18.7 Å². The quantitative estimate of drug-likeness (QED) is 0.717. The van der Waals surface area contributed by atoms with Crippen molar-refractivity contribution in [2.45, 2.75) is 59.0 Å². The van der Waals surface area contributed by atoms with E-state index in [1.165, 1.54) is 0 Å². The van der Waals surface area contributed by atoms with Gasteiger partial charge in [0, 0.05) is 6.04 Å². The molecule has 3 heteroatoms. The smallest absolute Gasteiger partial charge is 0.323 e. The maximum absolute atomic E-state index is 11.2. The molecule has 14 heavy (non-hydrogen) atoms. The van der Waals surface area contributed by atoms with Crippen LogP contribution in [-0.4, -0.2) is 34.1 Å². The normalized spacial score (nSPS) is 17.9. The molecule has 0 aliphatic carbocycles.